The summed E-state index contributed by atoms with van der Waals surface area (Å²) in [6.07, 6.45) is 0. The Bertz CT molecular complexity index is 600. The summed E-state index contributed by atoms with van der Waals surface area (Å²) in [7, 11) is 0. The molecule has 1 spiro atoms. The number of nitrogens with one attached hydrogen (secondary N) is 2. The minimum Gasteiger partial charge on any atom is -0.493 e. The number of hydrogen-bond acceptors (Lipinski definition) is 3. The highest BCUT2D eigenvalue weighted by molar-refractivity contribution is 9.10. The molecule has 100 valence electrons. The van der Waals surface area contributed by atoms with E-state index in [1.165, 1.54) is 0 Å². The summed E-state index contributed by atoms with van der Waals surface area (Å²) in [5, 5.41) is 5.13. The zero-order valence-corrected chi connectivity index (χ0v) is 12.1. The second-order valence-corrected chi connectivity index (χ2v) is 6.39. The van der Waals surface area contributed by atoms with Crippen molar-refractivity contribution in [1.29, 1.82) is 0 Å². The molecule has 0 radical (unpaired) electrons. The van der Waals surface area contributed by atoms with E-state index in [9.17, 15) is 9.59 Å². The topological polar surface area (TPSA) is 67.4 Å². The van der Waals surface area contributed by atoms with Crippen molar-refractivity contribution in [1.82, 2.24) is 10.6 Å². The van der Waals surface area contributed by atoms with E-state index in [-0.39, 0.29) is 5.91 Å². The number of hydrogen-bond donors (Lipinski definition) is 2. The minimum absolute atomic E-state index is 0.329. The number of fused-ring (bicyclic) bond motifs is 2. The molecule has 1 atom stereocenters. The van der Waals surface area contributed by atoms with Gasteiger partial charge in [0, 0.05) is 15.5 Å². The van der Waals surface area contributed by atoms with Crippen LogP contribution >= 0.6 is 15.9 Å². The third-order valence-corrected chi connectivity index (χ3v) is 4.31. The predicted molar refractivity (Wildman–Crippen MR) is 71.8 cm³/mol. The summed E-state index contributed by atoms with van der Waals surface area (Å²) in [4.78, 5) is 24.0. The lowest BCUT2D eigenvalue weighted by Gasteiger charge is -2.45. The maximum absolute atomic E-state index is 12.4. The van der Waals surface area contributed by atoms with Gasteiger partial charge in [-0.25, -0.2) is 4.79 Å². The largest absolute Gasteiger partial charge is 0.493 e. The molecular formula is C13H13BrN2O3. The quantitative estimate of drug-likeness (QED) is 0.716. The fraction of sp³-hybridized carbons (Fsp3) is 0.385. The summed E-state index contributed by atoms with van der Waals surface area (Å²) in [6, 6.07) is 5.00. The van der Waals surface area contributed by atoms with Crippen LogP contribution in [0.2, 0.25) is 0 Å². The average molecular weight is 325 g/mol. The number of rotatable bonds is 0. The van der Waals surface area contributed by atoms with Gasteiger partial charge in [-0.15, -0.1) is 0 Å². The molecule has 0 aliphatic carbocycles. The fourth-order valence-electron chi connectivity index (χ4n) is 2.77. The molecule has 2 aliphatic rings. The van der Waals surface area contributed by atoms with Gasteiger partial charge in [-0.05, 0) is 18.2 Å². The lowest BCUT2D eigenvalue weighted by atomic mass is 9.67. The predicted octanol–water partition coefficient (Wildman–Crippen LogP) is 1.90. The van der Waals surface area contributed by atoms with Gasteiger partial charge < -0.3 is 10.1 Å². The number of ether oxygens (including phenoxy) is 1. The number of halogens is 1. The van der Waals surface area contributed by atoms with Gasteiger partial charge in [-0.2, -0.15) is 0 Å². The van der Waals surface area contributed by atoms with Gasteiger partial charge in [0.15, 0.2) is 5.54 Å². The van der Waals surface area contributed by atoms with E-state index >= 15 is 0 Å². The minimum atomic E-state index is -1.08. The maximum atomic E-state index is 12.4. The van der Waals surface area contributed by atoms with Gasteiger partial charge in [0.25, 0.3) is 5.91 Å². The first-order chi connectivity index (χ1) is 8.87. The Morgan fingerprint density at radius 3 is 2.68 bits per heavy atom. The number of carbonyl (C=O) groups excluding carboxylic acids is 2. The van der Waals surface area contributed by atoms with Gasteiger partial charge in [-0.1, -0.05) is 29.8 Å². The van der Waals surface area contributed by atoms with Crippen molar-refractivity contribution in [2.45, 2.75) is 19.4 Å². The fourth-order valence-corrected chi connectivity index (χ4v) is 3.13. The lowest BCUT2D eigenvalue weighted by molar-refractivity contribution is -0.131. The van der Waals surface area contributed by atoms with Crippen molar-refractivity contribution < 1.29 is 14.3 Å². The Kier molecular flexibility index (Phi) is 2.44. The number of urea groups is 1. The van der Waals surface area contributed by atoms with Crippen molar-refractivity contribution in [2.75, 3.05) is 6.61 Å². The second-order valence-electron chi connectivity index (χ2n) is 5.47. The van der Waals surface area contributed by atoms with Crippen molar-refractivity contribution in [3.8, 4) is 5.75 Å². The molecule has 1 unspecified atom stereocenters. The van der Waals surface area contributed by atoms with Crippen LogP contribution in [0, 0.1) is 5.41 Å². The number of carbonyl (C=O) groups is 2. The van der Waals surface area contributed by atoms with Crippen LogP contribution in [0.3, 0.4) is 0 Å². The van der Waals surface area contributed by atoms with Crippen LogP contribution < -0.4 is 15.4 Å². The molecule has 19 heavy (non-hydrogen) atoms. The molecule has 1 aromatic rings. The molecule has 0 saturated carbocycles. The van der Waals surface area contributed by atoms with Crippen LogP contribution in [-0.2, 0) is 10.3 Å². The standard InChI is InChI=1S/C13H13BrN2O3/c1-12(2)6-19-9-4-3-7(14)5-8(9)13(12)10(17)15-11(18)16-13/h3-5H,6H2,1-2H3,(H2,15,16,17,18). The number of amides is 3. The third-order valence-electron chi connectivity index (χ3n) is 3.82. The summed E-state index contributed by atoms with van der Waals surface area (Å²) < 4.78 is 6.55. The average Bonchev–Trinajstić information content (AvgIpc) is 2.62. The Morgan fingerprint density at radius 2 is 2.05 bits per heavy atom. The van der Waals surface area contributed by atoms with E-state index in [0.717, 1.165) is 4.47 Å². The summed E-state index contributed by atoms with van der Waals surface area (Å²) in [6.45, 7) is 4.17. The Morgan fingerprint density at radius 1 is 1.32 bits per heavy atom. The summed E-state index contributed by atoms with van der Waals surface area (Å²) in [5.74, 6) is 0.296. The van der Waals surface area contributed by atoms with Gasteiger partial charge in [-0.3, -0.25) is 10.1 Å². The van der Waals surface area contributed by atoms with Crippen molar-refractivity contribution in [2.24, 2.45) is 5.41 Å². The SMILES string of the molecule is CC1(C)COc2ccc(Br)cc2C12NC(=O)NC2=O. The molecule has 5 nitrogen and oxygen atoms in total. The van der Waals surface area contributed by atoms with Gasteiger partial charge in [0.1, 0.15) is 5.75 Å². The van der Waals surface area contributed by atoms with E-state index in [4.69, 9.17) is 4.74 Å². The van der Waals surface area contributed by atoms with E-state index in [0.29, 0.717) is 17.9 Å². The van der Waals surface area contributed by atoms with E-state index in [2.05, 4.69) is 26.6 Å². The van der Waals surface area contributed by atoms with Crippen LogP contribution in [0.4, 0.5) is 4.79 Å². The maximum Gasteiger partial charge on any atom is 0.322 e. The molecular weight excluding hydrogens is 312 g/mol. The van der Waals surface area contributed by atoms with Crippen LogP contribution in [0.1, 0.15) is 19.4 Å². The molecule has 1 aromatic carbocycles. The first kappa shape index (κ1) is 12.5. The second kappa shape index (κ2) is 3.72. The molecule has 0 aromatic heterocycles. The Hall–Kier alpha value is -1.56. The smallest absolute Gasteiger partial charge is 0.322 e. The molecule has 3 amide bonds. The highest BCUT2D eigenvalue weighted by atomic mass is 79.9. The van der Waals surface area contributed by atoms with E-state index < -0.39 is 17.0 Å². The highest BCUT2D eigenvalue weighted by Crippen LogP contribution is 2.49. The molecule has 1 fully saturated rings. The van der Waals surface area contributed by atoms with Crippen LogP contribution in [-0.4, -0.2) is 18.5 Å². The molecule has 6 heteroatoms. The summed E-state index contributed by atoms with van der Waals surface area (Å²) in [5.41, 5.74) is -0.945. The number of imide groups is 1. The van der Waals surface area contributed by atoms with Crippen molar-refractivity contribution in [3.05, 3.63) is 28.2 Å². The van der Waals surface area contributed by atoms with Gasteiger partial charge in [0.2, 0.25) is 0 Å². The monoisotopic (exact) mass is 324 g/mol. The number of benzene rings is 1. The molecule has 1 saturated heterocycles. The Labute approximate surface area is 118 Å². The normalized spacial score (nSPS) is 27.5. The third kappa shape index (κ3) is 1.52. The van der Waals surface area contributed by atoms with Gasteiger partial charge in [0.05, 0.1) is 6.61 Å². The summed E-state index contributed by atoms with van der Waals surface area (Å²) >= 11 is 3.39. The highest BCUT2D eigenvalue weighted by Gasteiger charge is 2.61. The molecule has 0 bridgehead atoms. The molecule has 3 rings (SSSR count). The van der Waals surface area contributed by atoms with Crippen LogP contribution in [0.15, 0.2) is 22.7 Å². The first-order valence-corrected chi connectivity index (χ1v) is 6.72. The van der Waals surface area contributed by atoms with E-state index in [1.807, 2.05) is 26.0 Å². The molecule has 2 heterocycles. The lowest BCUT2D eigenvalue weighted by Crippen LogP contribution is -2.59. The Balaban J connectivity index is 2.29. The molecule has 2 N–H and O–H groups in total. The zero-order chi connectivity index (χ0) is 13.8. The van der Waals surface area contributed by atoms with Gasteiger partial charge >= 0.3 is 6.03 Å². The van der Waals surface area contributed by atoms with Crippen molar-refractivity contribution >= 4 is 27.9 Å². The van der Waals surface area contributed by atoms with Crippen molar-refractivity contribution in [3.63, 3.8) is 0 Å². The van der Waals surface area contributed by atoms with E-state index in [1.54, 1.807) is 6.07 Å². The van der Waals surface area contributed by atoms with Crippen LogP contribution in [0.25, 0.3) is 0 Å². The molecule has 2 aliphatic heterocycles. The first-order valence-electron chi connectivity index (χ1n) is 5.93. The zero-order valence-electron chi connectivity index (χ0n) is 10.5. The van der Waals surface area contributed by atoms with Crippen LogP contribution in [0.5, 0.6) is 5.75 Å².